The minimum Gasteiger partial charge on any atom is -0.463 e. The zero-order chi connectivity index (χ0) is 27.0. The van der Waals surface area contributed by atoms with Crippen molar-refractivity contribution < 1.29 is 15.0 Å². The highest BCUT2D eigenvalue weighted by Gasteiger charge is 2.37. The van der Waals surface area contributed by atoms with E-state index in [0.717, 1.165) is 25.7 Å². The van der Waals surface area contributed by atoms with E-state index in [4.69, 9.17) is 15.8 Å². The Bertz CT molecular complexity index is 1320. The van der Waals surface area contributed by atoms with Crippen LogP contribution in [0.3, 0.4) is 0 Å². The fourth-order valence-electron chi connectivity index (χ4n) is 5.56. The van der Waals surface area contributed by atoms with Gasteiger partial charge in [0.1, 0.15) is 11.3 Å². The number of imidazole rings is 1. The van der Waals surface area contributed by atoms with Gasteiger partial charge in [-0.05, 0) is 57.3 Å². The Labute approximate surface area is 225 Å². The second kappa shape index (κ2) is 10.6. The van der Waals surface area contributed by atoms with E-state index in [1.54, 1.807) is 12.4 Å². The van der Waals surface area contributed by atoms with Crippen molar-refractivity contribution in [3.63, 3.8) is 0 Å². The summed E-state index contributed by atoms with van der Waals surface area (Å²) in [5.41, 5.74) is 7.71. The first-order valence-electron chi connectivity index (χ1n) is 13.4. The lowest BCUT2D eigenvalue weighted by molar-refractivity contribution is 0.0827. The number of hydrogen-bond donors (Lipinski definition) is 4. The number of amidine groups is 1. The molecule has 0 spiro atoms. The van der Waals surface area contributed by atoms with Crippen LogP contribution in [0.4, 0.5) is 10.6 Å². The summed E-state index contributed by atoms with van der Waals surface area (Å²) in [6.45, 7) is 6.78. The molecule has 2 saturated carbocycles. The summed E-state index contributed by atoms with van der Waals surface area (Å²) in [6.07, 6.45) is 6.59. The van der Waals surface area contributed by atoms with Gasteiger partial charge in [-0.25, -0.2) is 24.7 Å². The number of anilines is 1. The predicted octanol–water partition coefficient (Wildman–Crippen LogP) is 4.35. The van der Waals surface area contributed by atoms with Gasteiger partial charge in [0.15, 0.2) is 28.7 Å². The van der Waals surface area contributed by atoms with E-state index in [2.05, 4.69) is 39.1 Å². The van der Waals surface area contributed by atoms with Gasteiger partial charge in [0, 0.05) is 18.0 Å². The van der Waals surface area contributed by atoms with Crippen LogP contribution < -0.4 is 11.1 Å². The van der Waals surface area contributed by atoms with Crippen molar-refractivity contribution in [1.29, 1.82) is 0 Å². The van der Waals surface area contributed by atoms with Crippen molar-refractivity contribution in [3.8, 4) is 0 Å². The number of carboxylic acid groups (broad SMARTS) is 1. The number of carbonyl (C=O) groups is 1. The number of thiazole rings is 1. The molecule has 1 amide bonds. The molecule has 38 heavy (non-hydrogen) atoms. The Kier molecular flexibility index (Phi) is 7.36. The number of hydrogen-bond acceptors (Lipinski definition) is 8. The maximum Gasteiger partial charge on any atom is 0.433 e. The summed E-state index contributed by atoms with van der Waals surface area (Å²) in [5, 5.41) is 26.3. The summed E-state index contributed by atoms with van der Waals surface area (Å²) < 4.78 is 2.04. The van der Waals surface area contributed by atoms with E-state index in [-0.39, 0.29) is 17.7 Å². The van der Waals surface area contributed by atoms with Crippen LogP contribution in [0.15, 0.2) is 15.9 Å². The third kappa shape index (κ3) is 5.24. The van der Waals surface area contributed by atoms with Gasteiger partial charge in [-0.1, -0.05) is 26.2 Å². The zero-order valence-electron chi connectivity index (χ0n) is 22.1. The minimum atomic E-state index is -1.47. The van der Waals surface area contributed by atoms with Gasteiger partial charge in [0.2, 0.25) is 0 Å². The molecular formula is C26H36N8O3S. The Hall–Kier alpha value is -3.12. The van der Waals surface area contributed by atoms with Crippen LogP contribution in [0.2, 0.25) is 0 Å². The van der Waals surface area contributed by atoms with Crippen LogP contribution in [0.25, 0.3) is 11.2 Å². The van der Waals surface area contributed by atoms with E-state index in [1.807, 2.05) is 9.95 Å². The van der Waals surface area contributed by atoms with E-state index in [9.17, 15) is 9.90 Å². The first kappa shape index (κ1) is 26.5. The molecule has 2 aliphatic rings. The maximum absolute atomic E-state index is 11.8. The van der Waals surface area contributed by atoms with Crippen molar-refractivity contribution in [1.82, 2.24) is 24.5 Å². The third-order valence-corrected chi connectivity index (χ3v) is 8.80. The van der Waals surface area contributed by atoms with Gasteiger partial charge in [0.25, 0.3) is 0 Å². The second-order valence-corrected chi connectivity index (χ2v) is 11.8. The van der Waals surface area contributed by atoms with Crippen LogP contribution >= 0.6 is 11.3 Å². The number of aliphatic hydroxyl groups is 1. The normalized spacial score (nSPS) is 23.1. The van der Waals surface area contributed by atoms with Crippen molar-refractivity contribution >= 4 is 40.2 Å². The standard InChI is InChI=1S/C26H36N8O3S/c1-14-7-9-16(10-8-14)11-34-19-21(29-15(2)17-5-4-6-17)31-23(20(27)30-25(35)36)32-22(19)33-24(34)26(3,37)18-12-38-13-28-18/h12-17,37H,4-11H2,1-3H3,(H2,27,30)(H,35,36)(H,29,31,32). The molecule has 0 radical (unpaired) electrons. The average molecular weight is 541 g/mol. The Balaban J connectivity index is 1.68. The topological polar surface area (TPSA) is 164 Å². The fraction of sp³-hybridized carbons (Fsp3) is 0.615. The number of fused-ring (bicyclic) bond motifs is 1. The van der Waals surface area contributed by atoms with Crippen LogP contribution in [0.5, 0.6) is 0 Å². The van der Waals surface area contributed by atoms with Crippen molar-refractivity contribution in [2.45, 2.75) is 83.9 Å². The van der Waals surface area contributed by atoms with Crippen molar-refractivity contribution in [3.05, 3.63) is 28.2 Å². The smallest absolute Gasteiger partial charge is 0.433 e. The zero-order valence-corrected chi connectivity index (χ0v) is 22.9. The van der Waals surface area contributed by atoms with Crippen molar-refractivity contribution in [2.24, 2.45) is 28.5 Å². The number of nitrogens with two attached hydrogens (primary N) is 1. The molecular weight excluding hydrogens is 504 g/mol. The largest absolute Gasteiger partial charge is 0.463 e. The van der Waals surface area contributed by atoms with Gasteiger partial charge in [-0.15, -0.1) is 11.3 Å². The van der Waals surface area contributed by atoms with E-state index < -0.39 is 11.7 Å². The van der Waals surface area contributed by atoms with Crippen LogP contribution in [-0.2, 0) is 12.1 Å². The molecule has 0 saturated heterocycles. The second-order valence-electron chi connectivity index (χ2n) is 11.1. The number of aliphatic imine (C=N–C) groups is 1. The molecule has 3 heterocycles. The highest BCUT2D eigenvalue weighted by molar-refractivity contribution is 7.07. The lowest BCUT2D eigenvalue weighted by Gasteiger charge is -2.32. The summed E-state index contributed by atoms with van der Waals surface area (Å²) in [7, 11) is 0. The van der Waals surface area contributed by atoms with Gasteiger partial charge in [-0.3, -0.25) is 0 Å². The molecule has 2 unspecified atom stereocenters. The number of nitrogens with one attached hydrogen (secondary N) is 1. The Morgan fingerprint density at radius 3 is 2.61 bits per heavy atom. The molecule has 12 heteroatoms. The molecule has 0 aromatic carbocycles. The first-order valence-corrected chi connectivity index (χ1v) is 14.3. The lowest BCUT2D eigenvalue weighted by atomic mass is 9.80. The number of aromatic nitrogens is 5. The van der Waals surface area contributed by atoms with Gasteiger partial charge in [-0.2, -0.15) is 4.99 Å². The molecule has 5 rings (SSSR count). The fourth-order valence-corrected chi connectivity index (χ4v) is 6.22. The summed E-state index contributed by atoms with van der Waals surface area (Å²) in [4.78, 5) is 33.0. The Morgan fingerprint density at radius 2 is 2.00 bits per heavy atom. The SMILES string of the molecule is CC1CCC(Cn2c(C(C)(O)c3cscn3)nc3nc(C(N)=NC(=O)O)nc(NC(C)C4CCC4)c32)CC1. The van der Waals surface area contributed by atoms with Crippen LogP contribution in [0, 0.1) is 17.8 Å². The predicted molar refractivity (Wildman–Crippen MR) is 146 cm³/mol. The van der Waals surface area contributed by atoms with Gasteiger partial charge >= 0.3 is 6.09 Å². The summed E-state index contributed by atoms with van der Waals surface area (Å²) in [6, 6.07) is 0.133. The Morgan fingerprint density at radius 1 is 1.26 bits per heavy atom. The molecule has 2 aliphatic carbocycles. The number of amides is 1. The average Bonchev–Trinajstić information content (AvgIpc) is 3.48. The molecule has 2 atom stereocenters. The lowest BCUT2D eigenvalue weighted by Crippen LogP contribution is -2.32. The molecule has 0 aliphatic heterocycles. The molecule has 0 bridgehead atoms. The highest BCUT2D eigenvalue weighted by atomic mass is 32.1. The monoisotopic (exact) mass is 540 g/mol. The number of nitrogens with zero attached hydrogens (tertiary/aromatic N) is 6. The van der Waals surface area contributed by atoms with Crippen LogP contribution in [-0.4, -0.2) is 52.7 Å². The van der Waals surface area contributed by atoms with Crippen LogP contribution in [0.1, 0.15) is 83.1 Å². The first-order chi connectivity index (χ1) is 18.1. The summed E-state index contributed by atoms with van der Waals surface area (Å²) in [5.74, 6) is 2.28. The van der Waals surface area contributed by atoms with E-state index in [0.29, 0.717) is 52.8 Å². The van der Waals surface area contributed by atoms with Crippen molar-refractivity contribution in [2.75, 3.05) is 5.32 Å². The molecule has 3 aromatic heterocycles. The van der Waals surface area contributed by atoms with E-state index >= 15 is 0 Å². The van der Waals surface area contributed by atoms with Gasteiger partial charge < -0.3 is 25.8 Å². The molecule has 11 nitrogen and oxygen atoms in total. The highest BCUT2D eigenvalue weighted by Crippen LogP contribution is 2.37. The number of rotatable bonds is 8. The minimum absolute atomic E-state index is 0.0146. The summed E-state index contributed by atoms with van der Waals surface area (Å²) >= 11 is 1.41. The van der Waals surface area contributed by atoms with E-state index in [1.165, 1.54) is 30.6 Å². The molecule has 2 fully saturated rings. The third-order valence-electron chi connectivity index (χ3n) is 8.21. The molecule has 3 aromatic rings. The van der Waals surface area contributed by atoms with Gasteiger partial charge in [0.05, 0.1) is 11.2 Å². The molecule has 204 valence electrons. The molecule has 5 N–H and O–H groups in total. The quantitative estimate of drug-likeness (QED) is 0.240. The maximum atomic E-state index is 11.8.